The summed E-state index contributed by atoms with van der Waals surface area (Å²) in [5.74, 6) is -0.0595. The van der Waals surface area contributed by atoms with Crippen LogP contribution in [0.3, 0.4) is 0 Å². The lowest BCUT2D eigenvalue weighted by Gasteiger charge is -2.46. The highest BCUT2D eigenvalue weighted by atomic mass is 35.5. The summed E-state index contributed by atoms with van der Waals surface area (Å²) in [7, 11) is 0. The molecule has 1 aromatic carbocycles. The molecule has 1 saturated heterocycles. The van der Waals surface area contributed by atoms with E-state index < -0.39 is 23.2 Å². The molecule has 1 aromatic rings. The molecule has 2 amide bonds. The number of benzene rings is 1. The first-order chi connectivity index (χ1) is 17.4. The van der Waals surface area contributed by atoms with Gasteiger partial charge in [0.25, 0.3) is 0 Å². The summed E-state index contributed by atoms with van der Waals surface area (Å²) < 4.78 is 11.0. The van der Waals surface area contributed by atoms with E-state index in [9.17, 15) is 14.4 Å². The molecule has 1 heterocycles. The molecule has 1 aliphatic heterocycles. The van der Waals surface area contributed by atoms with E-state index in [0.29, 0.717) is 42.6 Å². The number of rotatable bonds is 7. The highest BCUT2D eigenvalue weighted by molar-refractivity contribution is 6.42. The predicted molar refractivity (Wildman–Crippen MR) is 145 cm³/mol. The maximum Gasteiger partial charge on any atom is 0.408 e. The van der Waals surface area contributed by atoms with Gasteiger partial charge in [-0.2, -0.15) is 0 Å². The SMILES string of the molecule is CCOC(=O)C1(C2CCCCC2)CCN(C(=O)[C@@H](Cc2ccc(Cl)c(Cl)c2)NC(=O)OC(C)(C)C)CC1. The Bertz CT molecular complexity index is 964. The first-order valence-corrected chi connectivity index (χ1v) is 14.1. The second kappa shape index (κ2) is 12.7. The van der Waals surface area contributed by atoms with Crippen molar-refractivity contribution in [2.24, 2.45) is 11.3 Å². The van der Waals surface area contributed by atoms with Gasteiger partial charge in [-0.25, -0.2) is 4.79 Å². The third-order valence-electron chi connectivity index (χ3n) is 7.45. The predicted octanol–water partition coefficient (Wildman–Crippen LogP) is 6.18. The van der Waals surface area contributed by atoms with Gasteiger partial charge in [0, 0.05) is 19.5 Å². The standard InChI is InChI=1S/C28H40Cl2N2O5/c1-5-36-25(34)28(20-9-7-6-8-10-20)13-15-32(16-14-28)24(33)23(31-26(35)37-27(2,3)4)18-19-11-12-21(29)22(30)17-19/h11-12,17,20,23H,5-10,13-16,18H2,1-4H3,(H,31,35)/t23-/m1/s1. The number of hydrogen-bond donors (Lipinski definition) is 1. The summed E-state index contributed by atoms with van der Waals surface area (Å²) in [5, 5.41) is 3.56. The number of piperidine rings is 1. The lowest BCUT2D eigenvalue weighted by molar-refractivity contribution is -0.166. The number of carbonyl (C=O) groups excluding carboxylic acids is 3. The van der Waals surface area contributed by atoms with Crippen molar-refractivity contribution in [2.45, 2.75) is 90.7 Å². The molecule has 1 N–H and O–H groups in total. The average Bonchev–Trinajstić information content (AvgIpc) is 2.85. The number of ether oxygens (including phenoxy) is 2. The van der Waals surface area contributed by atoms with Crippen LogP contribution in [-0.4, -0.2) is 54.2 Å². The number of likely N-dealkylation sites (tertiary alicyclic amines) is 1. The molecule has 3 rings (SSSR count). The van der Waals surface area contributed by atoms with Crippen molar-refractivity contribution in [3.05, 3.63) is 33.8 Å². The Balaban J connectivity index is 1.77. The molecule has 9 heteroatoms. The summed E-state index contributed by atoms with van der Waals surface area (Å²) in [6.45, 7) is 8.36. The number of alkyl carbamates (subject to hydrolysis) is 1. The highest BCUT2D eigenvalue weighted by Crippen LogP contribution is 2.47. The van der Waals surface area contributed by atoms with Crippen molar-refractivity contribution in [3.8, 4) is 0 Å². The number of nitrogens with one attached hydrogen (secondary N) is 1. The minimum atomic E-state index is -0.850. The third-order valence-corrected chi connectivity index (χ3v) is 8.19. The summed E-state index contributed by atoms with van der Waals surface area (Å²) in [6.07, 6.45) is 6.19. The number of amides is 2. The summed E-state index contributed by atoms with van der Waals surface area (Å²) in [5.41, 5.74) is -0.486. The normalized spacial score (nSPS) is 19.1. The molecule has 2 aliphatic rings. The molecule has 0 aromatic heterocycles. The summed E-state index contributed by atoms with van der Waals surface area (Å²) in [6, 6.07) is 4.31. The molecule has 0 spiro atoms. The molecular formula is C28H40Cl2N2O5. The van der Waals surface area contributed by atoms with Crippen LogP contribution in [0.15, 0.2) is 18.2 Å². The van der Waals surface area contributed by atoms with Gasteiger partial charge >= 0.3 is 12.1 Å². The Kier molecular flexibility index (Phi) is 10.2. The molecule has 1 saturated carbocycles. The number of nitrogens with zero attached hydrogens (tertiary/aromatic N) is 1. The Morgan fingerprint density at radius 2 is 1.73 bits per heavy atom. The van der Waals surface area contributed by atoms with E-state index in [2.05, 4.69) is 5.32 Å². The number of hydrogen-bond acceptors (Lipinski definition) is 5. The first kappa shape index (κ1) is 29.6. The minimum Gasteiger partial charge on any atom is -0.466 e. The van der Waals surface area contributed by atoms with Crippen LogP contribution in [0.4, 0.5) is 4.79 Å². The van der Waals surface area contributed by atoms with Crippen LogP contribution < -0.4 is 5.32 Å². The van der Waals surface area contributed by atoms with Crippen LogP contribution in [0.25, 0.3) is 0 Å². The molecule has 0 unspecified atom stereocenters. The molecule has 0 bridgehead atoms. The van der Waals surface area contributed by atoms with E-state index in [1.165, 1.54) is 6.42 Å². The van der Waals surface area contributed by atoms with Crippen LogP contribution in [0.1, 0.15) is 78.2 Å². The van der Waals surface area contributed by atoms with Gasteiger partial charge < -0.3 is 19.7 Å². The van der Waals surface area contributed by atoms with Crippen molar-refractivity contribution in [2.75, 3.05) is 19.7 Å². The van der Waals surface area contributed by atoms with Gasteiger partial charge in [-0.3, -0.25) is 9.59 Å². The van der Waals surface area contributed by atoms with E-state index in [4.69, 9.17) is 32.7 Å². The van der Waals surface area contributed by atoms with Crippen molar-refractivity contribution in [1.82, 2.24) is 10.2 Å². The monoisotopic (exact) mass is 554 g/mol. The van der Waals surface area contributed by atoms with Crippen LogP contribution in [0.2, 0.25) is 10.0 Å². The maximum absolute atomic E-state index is 13.7. The molecule has 37 heavy (non-hydrogen) atoms. The number of esters is 1. The lowest BCUT2D eigenvalue weighted by Crippen LogP contribution is -2.56. The Morgan fingerprint density at radius 3 is 2.30 bits per heavy atom. The number of carbonyl (C=O) groups is 3. The van der Waals surface area contributed by atoms with Gasteiger partial charge in [0.1, 0.15) is 11.6 Å². The lowest BCUT2D eigenvalue weighted by atomic mass is 9.63. The second-order valence-corrected chi connectivity index (χ2v) is 12.0. The fraction of sp³-hybridized carbons (Fsp3) is 0.679. The first-order valence-electron chi connectivity index (χ1n) is 13.3. The third kappa shape index (κ3) is 7.76. The average molecular weight is 556 g/mol. The Morgan fingerprint density at radius 1 is 1.08 bits per heavy atom. The number of halogens is 2. The van der Waals surface area contributed by atoms with Gasteiger partial charge in [-0.05, 0) is 77.0 Å². The Labute approximate surface area is 230 Å². The van der Waals surface area contributed by atoms with E-state index in [-0.39, 0.29) is 24.2 Å². The van der Waals surface area contributed by atoms with Gasteiger partial charge in [0.15, 0.2) is 0 Å². The van der Waals surface area contributed by atoms with Crippen LogP contribution >= 0.6 is 23.2 Å². The van der Waals surface area contributed by atoms with Crippen molar-refractivity contribution in [1.29, 1.82) is 0 Å². The maximum atomic E-state index is 13.7. The van der Waals surface area contributed by atoms with Gasteiger partial charge in [-0.15, -0.1) is 0 Å². The van der Waals surface area contributed by atoms with E-state index in [1.807, 2.05) is 6.92 Å². The van der Waals surface area contributed by atoms with Crippen LogP contribution in [0.5, 0.6) is 0 Å². The zero-order chi connectivity index (χ0) is 27.2. The fourth-order valence-corrected chi connectivity index (χ4v) is 5.93. The zero-order valence-corrected chi connectivity index (χ0v) is 23.9. The van der Waals surface area contributed by atoms with Crippen LogP contribution in [0, 0.1) is 11.3 Å². The largest absolute Gasteiger partial charge is 0.466 e. The molecule has 0 radical (unpaired) electrons. The van der Waals surface area contributed by atoms with E-state index in [1.54, 1.807) is 43.9 Å². The van der Waals surface area contributed by atoms with E-state index in [0.717, 1.165) is 31.2 Å². The van der Waals surface area contributed by atoms with Crippen molar-refractivity contribution < 1.29 is 23.9 Å². The van der Waals surface area contributed by atoms with Crippen LogP contribution in [-0.2, 0) is 25.5 Å². The summed E-state index contributed by atoms with van der Waals surface area (Å²) in [4.78, 5) is 41.3. The second-order valence-electron chi connectivity index (χ2n) is 11.2. The quantitative estimate of drug-likeness (QED) is 0.406. The minimum absolute atomic E-state index is 0.131. The fourth-order valence-electron chi connectivity index (χ4n) is 5.61. The topological polar surface area (TPSA) is 84.9 Å². The molecule has 7 nitrogen and oxygen atoms in total. The van der Waals surface area contributed by atoms with E-state index >= 15 is 0 Å². The molecule has 206 valence electrons. The van der Waals surface area contributed by atoms with Gasteiger partial charge in [-0.1, -0.05) is 48.5 Å². The molecule has 1 atom stereocenters. The molecule has 1 aliphatic carbocycles. The van der Waals surface area contributed by atoms with Gasteiger partial charge in [0.05, 0.1) is 22.1 Å². The van der Waals surface area contributed by atoms with Crippen molar-refractivity contribution in [3.63, 3.8) is 0 Å². The smallest absolute Gasteiger partial charge is 0.408 e. The highest BCUT2D eigenvalue weighted by Gasteiger charge is 2.49. The molecular weight excluding hydrogens is 515 g/mol. The van der Waals surface area contributed by atoms with Crippen molar-refractivity contribution >= 4 is 41.2 Å². The zero-order valence-electron chi connectivity index (χ0n) is 22.4. The van der Waals surface area contributed by atoms with Gasteiger partial charge in [0.2, 0.25) is 5.91 Å². The summed E-state index contributed by atoms with van der Waals surface area (Å²) >= 11 is 12.3. The Hall–Kier alpha value is -1.99. The molecule has 2 fully saturated rings.